The van der Waals surface area contributed by atoms with Crippen molar-refractivity contribution in [2.45, 2.75) is 39.5 Å². The number of nitrogen functional groups attached to an aromatic ring is 1. The number of nitrogens with two attached hydrogens (primary N) is 1. The first-order chi connectivity index (χ1) is 14.6. The van der Waals surface area contributed by atoms with Gasteiger partial charge in [-0.2, -0.15) is 5.10 Å². The summed E-state index contributed by atoms with van der Waals surface area (Å²) in [6.07, 6.45) is 6.13. The molecule has 0 aliphatic heterocycles. The number of aryl methyl sites for hydroxylation is 2. The minimum atomic E-state index is 0.656. The number of nitrogens with one attached hydrogen (secondary N) is 2. The van der Waals surface area contributed by atoms with Crippen LogP contribution >= 0.6 is 0 Å². The maximum atomic E-state index is 6.46. The lowest BCUT2D eigenvalue weighted by Gasteiger charge is -2.05. The maximum Gasteiger partial charge on any atom is 0.130 e. The van der Waals surface area contributed by atoms with E-state index in [-0.39, 0.29) is 0 Å². The Balaban J connectivity index is 1.42. The van der Waals surface area contributed by atoms with Crippen LogP contribution in [-0.2, 0) is 12.8 Å². The second kappa shape index (κ2) is 7.37. The summed E-state index contributed by atoms with van der Waals surface area (Å²) in [5.74, 6) is 1.55. The van der Waals surface area contributed by atoms with Crippen LogP contribution in [0.3, 0.4) is 0 Å². The summed E-state index contributed by atoms with van der Waals surface area (Å²) >= 11 is 0. The highest BCUT2D eigenvalue weighted by molar-refractivity contribution is 5.81. The molecule has 5 aromatic rings. The fourth-order valence-electron chi connectivity index (χ4n) is 4.06. The van der Waals surface area contributed by atoms with E-state index in [2.05, 4.69) is 51.2 Å². The van der Waals surface area contributed by atoms with Crippen molar-refractivity contribution in [2.24, 2.45) is 0 Å². The topological polar surface area (TPSA) is 88.3 Å². The van der Waals surface area contributed by atoms with Crippen molar-refractivity contribution < 1.29 is 0 Å². The highest BCUT2D eigenvalue weighted by Gasteiger charge is 2.12. The summed E-state index contributed by atoms with van der Waals surface area (Å²) in [5.41, 5.74) is 14.0. The molecular formula is C24H26N6. The van der Waals surface area contributed by atoms with Gasteiger partial charge in [0.1, 0.15) is 11.6 Å². The molecule has 152 valence electrons. The lowest BCUT2D eigenvalue weighted by molar-refractivity contribution is 0.796. The third-order valence-electron chi connectivity index (χ3n) is 5.66. The number of hydrogen-bond acceptors (Lipinski definition) is 3. The van der Waals surface area contributed by atoms with Gasteiger partial charge in [-0.1, -0.05) is 25.5 Å². The van der Waals surface area contributed by atoms with Gasteiger partial charge in [0.25, 0.3) is 0 Å². The molecule has 0 amide bonds. The molecule has 0 saturated heterocycles. The largest absolute Gasteiger partial charge is 0.383 e. The summed E-state index contributed by atoms with van der Waals surface area (Å²) < 4.78 is 1.78. The molecule has 0 unspecified atom stereocenters. The van der Waals surface area contributed by atoms with Crippen molar-refractivity contribution in [2.75, 3.05) is 5.73 Å². The van der Waals surface area contributed by atoms with Crippen LogP contribution in [0.4, 0.5) is 5.82 Å². The standard InChI is InChI=1S/C24H26N6/c1-3-4-5-16-6-7-17-11-19(29-22(17)10-16)12-18-14-26-30(24(18)25)20-8-9-21-23(13-20)28-15(2)27-21/h6-11,13-14,29H,3-5,12,25H2,1-2H3,(H,27,28). The summed E-state index contributed by atoms with van der Waals surface area (Å²) in [4.78, 5) is 11.3. The number of aromatic amines is 2. The van der Waals surface area contributed by atoms with E-state index in [9.17, 15) is 0 Å². The van der Waals surface area contributed by atoms with E-state index in [1.165, 1.54) is 29.3 Å². The molecule has 0 aliphatic rings. The van der Waals surface area contributed by atoms with Crippen molar-refractivity contribution in [3.8, 4) is 5.69 Å². The fraction of sp³-hybridized carbons (Fsp3) is 0.250. The van der Waals surface area contributed by atoms with Gasteiger partial charge in [-0.15, -0.1) is 0 Å². The van der Waals surface area contributed by atoms with E-state index < -0.39 is 0 Å². The molecule has 6 heteroatoms. The van der Waals surface area contributed by atoms with Gasteiger partial charge in [0, 0.05) is 23.2 Å². The van der Waals surface area contributed by atoms with E-state index in [0.29, 0.717) is 12.2 Å². The van der Waals surface area contributed by atoms with E-state index >= 15 is 0 Å². The number of fused-ring (bicyclic) bond motifs is 2. The first-order valence-corrected chi connectivity index (χ1v) is 10.5. The van der Waals surface area contributed by atoms with Gasteiger partial charge in [-0.3, -0.25) is 0 Å². The molecule has 0 bridgehead atoms. The van der Waals surface area contributed by atoms with Crippen molar-refractivity contribution in [3.63, 3.8) is 0 Å². The molecule has 0 saturated carbocycles. The predicted molar refractivity (Wildman–Crippen MR) is 122 cm³/mol. The number of H-pyrrole nitrogens is 2. The van der Waals surface area contributed by atoms with Crippen LogP contribution < -0.4 is 5.73 Å². The number of rotatable bonds is 6. The molecule has 0 spiro atoms. The smallest absolute Gasteiger partial charge is 0.130 e. The third-order valence-corrected chi connectivity index (χ3v) is 5.66. The molecule has 0 radical (unpaired) electrons. The van der Waals surface area contributed by atoms with Gasteiger partial charge >= 0.3 is 0 Å². The third kappa shape index (κ3) is 3.34. The SMILES string of the molecule is CCCCc1ccc2cc(Cc3cnn(-c4ccc5[nH]c(C)nc5c4)c3N)[nH]c2c1. The van der Waals surface area contributed by atoms with Crippen molar-refractivity contribution >= 4 is 27.8 Å². The van der Waals surface area contributed by atoms with Crippen molar-refractivity contribution in [3.05, 3.63) is 71.3 Å². The Morgan fingerprint density at radius 1 is 1.03 bits per heavy atom. The average Bonchev–Trinajstić information content (AvgIpc) is 3.41. The Morgan fingerprint density at radius 3 is 2.80 bits per heavy atom. The predicted octanol–water partition coefficient (Wildman–Crippen LogP) is 5.05. The zero-order valence-electron chi connectivity index (χ0n) is 17.4. The molecule has 4 N–H and O–H groups in total. The fourth-order valence-corrected chi connectivity index (χ4v) is 4.06. The van der Waals surface area contributed by atoms with Gasteiger partial charge in [-0.25, -0.2) is 9.67 Å². The van der Waals surface area contributed by atoms with E-state index in [0.717, 1.165) is 40.2 Å². The Labute approximate surface area is 175 Å². The number of hydrogen-bond donors (Lipinski definition) is 3. The number of imidazole rings is 1. The Morgan fingerprint density at radius 2 is 1.93 bits per heavy atom. The number of anilines is 1. The minimum absolute atomic E-state index is 0.656. The quantitative estimate of drug-likeness (QED) is 0.374. The van der Waals surface area contributed by atoms with E-state index in [1.807, 2.05) is 31.3 Å². The van der Waals surface area contributed by atoms with Crippen LogP contribution in [0.25, 0.3) is 27.6 Å². The van der Waals surface area contributed by atoms with Gasteiger partial charge < -0.3 is 15.7 Å². The Bertz CT molecular complexity index is 1340. The summed E-state index contributed by atoms with van der Waals surface area (Å²) in [6, 6.07) is 14.9. The van der Waals surface area contributed by atoms with Crippen LogP contribution in [0.5, 0.6) is 0 Å². The zero-order chi connectivity index (χ0) is 20.7. The van der Waals surface area contributed by atoms with Gasteiger partial charge in [0.05, 0.1) is 22.9 Å². The monoisotopic (exact) mass is 398 g/mol. The van der Waals surface area contributed by atoms with Crippen LogP contribution in [-0.4, -0.2) is 24.7 Å². The highest BCUT2D eigenvalue weighted by Crippen LogP contribution is 2.25. The van der Waals surface area contributed by atoms with Crippen LogP contribution in [0.2, 0.25) is 0 Å². The molecule has 6 nitrogen and oxygen atoms in total. The zero-order valence-corrected chi connectivity index (χ0v) is 17.4. The van der Waals surface area contributed by atoms with Crippen LogP contribution in [0, 0.1) is 6.92 Å². The van der Waals surface area contributed by atoms with Crippen molar-refractivity contribution in [1.82, 2.24) is 24.7 Å². The highest BCUT2D eigenvalue weighted by atomic mass is 15.3. The number of nitrogens with zero attached hydrogens (tertiary/aromatic N) is 3. The maximum absolute atomic E-state index is 6.46. The molecule has 3 heterocycles. The molecule has 0 atom stereocenters. The molecule has 5 rings (SSSR count). The molecule has 0 fully saturated rings. The molecule has 2 aromatic carbocycles. The molecule has 3 aromatic heterocycles. The lowest BCUT2D eigenvalue weighted by atomic mass is 10.1. The summed E-state index contributed by atoms with van der Waals surface area (Å²) in [5, 5.41) is 5.77. The van der Waals surface area contributed by atoms with E-state index in [1.54, 1.807) is 4.68 Å². The van der Waals surface area contributed by atoms with Gasteiger partial charge in [-0.05, 0) is 61.0 Å². The molecular weight excluding hydrogens is 372 g/mol. The number of benzene rings is 2. The summed E-state index contributed by atoms with van der Waals surface area (Å²) in [6.45, 7) is 4.18. The molecule has 30 heavy (non-hydrogen) atoms. The number of unbranched alkanes of at least 4 members (excludes halogenated alkanes) is 1. The number of aromatic nitrogens is 5. The van der Waals surface area contributed by atoms with Crippen molar-refractivity contribution in [1.29, 1.82) is 0 Å². The van der Waals surface area contributed by atoms with Crippen LogP contribution in [0.15, 0.2) is 48.7 Å². The second-order valence-electron chi connectivity index (χ2n) is 7.99. The normalized spacial score (nSPS) is 11.7. The van der Waals surface area contributed by atoms with Crippen LogP contribution in [0.1, 0.15) is 42.4 Å². The molecule has 0 aliphatic carbocycles. The first kappa shape index (κ1) is 18.5. The lowest BCUT2D eigenvalue weighted by Crippen LogP contribution is -2.03. The first-order valence-electron chi connectivity index (χ1n) is 10.5. The summed E-state index contributed by atoms with van der Waals surface area (Å²) in [7, 11) is 0. The minimum Gasteiger partial charge on any atom is -0.383 e. The Hall–Kier alpha value is -3.54. The van der Waals surface area contributed by atoms with Gasteiger partial charge in [0.2, 0.25) is 0 Å². The second-order valence-corrected chi connectivity index (χ2v) is 7.99. The van der Waals surface area contributed by atoms with E-state index in [4.69, 9.17) is 5.73 Å². The van der Waals surface area contributed by atoms with Gasteiger partial charge in [0.15, 0.2) is 0 Å². The average molecular weight is 399 g/mol. The Kier molecular flexibility index (Phi) is 4.54.